The standard InChI is InChI=1S/C27H56O/c1-6-10-14-16-18-20-24-27(22-13-9-4,23-19-17-15-11-7-2)26(25(5)28)21-12-8-3/h25-26,28H,6-24H2,1-5H3. The van der Waals surface area contributed by atoms with Crippen LogP contribution in [0.4, 0.5) is 0 Å². The van der Waals surface area contributed by atoms with E-state index in [-0.39, 0.29) is 6.10 Å². The molecule has 170 valence electrons. The highest BCUT2D eigenvalue weighted by Gasteiger charge is 2.39. The molecule has 0 rings (SSSR count). The zero-order chi connectivity index (χ0) is 21.1. The summed E-state index contributed by atoms with van der Waals surface area (Å²) >= 11 is 0. The summed E-state index contributed by atoms with van der Waals surface area (Å²) in [6.07, 6.45) is 25.4. The van der Waals surface area contributed by atoms with Crippen molar-refractivity contribution in [1.82, 2.24) is 0 Å². The molecule has 28 heavy (non-hydrogen) atoms. The van der Waals surface area contributed by atoms with Crippen LogP contribution in [0.2, 0.25) is 0 Å². The molecule has 0 aliphatic heterocycles. The second-order valence-corrected chi connectivity index (χ2v) is 9.64. The van der Waals surface area contributed by atoms with E-state index in [0.717, 1.165) is 0 Å². The van der Waals surface area contributed by atoms with E-state index in [0.29, 0.717) is 11.3 Å². The minimum atomic E-state index is -0.154. The first-order chi connectivity index (χ1) is 13.6. The van der Waals surface area contributed by atoms with Gasteiger partial charge in [0.15, 0.2) is 0 Å². The Bertz CT molecular complexity index is 311. The normalized spacial score (nSPS) is 16.1. The minimum Gasteiger partial charge on any atom is -0.393 e. The molecule has 3 unspecified atom stereocenters. The van der Waals surface area contributed by atoms with Crippen molar-refractivity contribution in [3.63, 3.8) is 0 Å². The Balaban J connectivity index is 5.10. The maximum Gasteiger partial charge on any atom is 0.0545 e. The highest BCUT2D eigenvalue weighted by molar-refractivity contribution is 4.89. The van der Waals surface area contributed by atoms with Crippen molar-refractivity contribution in [2.75, 3.05) is 0 Å². The van der Waals surface area contributed by atoms with Crippen LogP contribution in [0.1, 0.15) is 157 Å². The third-order valence-electron chi connectivity index (χ3n) is 7.07. The van der Waals surface area contributed by atoms with Gasteiger partial charge >= 0.3 is 0 Å². The van der Waals surface area contributed by atoms with Crippen molar-refractivity contribution in [2.45, 2.75) is 163 Å². The zero-order valence-electron chi connectivity index (χ0n) is 20.5. The van der Waals surface area contributed by atoms with Gasteiger partial charge in [-0.1, -0.05) is 124 Å². The fourth-order valence-electron chi connectivity index (χ4n) is 5.28. The molecular formula is C27H56O. The Morgan fingerprint density at radius 2 is 0.929 bits per heavy atom. The molecule has 0 aromatic rings. The second-order valence-electron chi connectivity index (χ2n) is 9.64. The Morgan fingerprint density at radius 1 is 0.536 bits per heavy atom. The van der Waals surface area contributed by atoms with Gasteiger partial charge < -0.3 is 5.11 Å². The molecule has 1 nitrogen and oxygen atoms in total. The van der Waals surface area contributed by atoms with E-state index in [9.17, 15) is 5.11 Å². The first-order valence-corrected chi connectivity index (χ1v) is 13.3. The van der Waals surface area contributed by atoms with Crippen molar-refractivity contribution >= 4 is 0 Å². The first kappa shape index (κ1) is 28.0. The number of unbranched alkanes of at least 4 members (excludes halogenated alkanes) is 11. The van der Waals surface area contributed by atoms with Crippen molar-refractivity contribution in [3.8, 4) is 0 Å². The summed E-state index contributed by atoms with van der Waals surface area (Å²) in [5.74, 6) is 0.501. The van der Waals surface area contributed by atoms with E-state index < -0.39 is 0 Å². The van der Waals surface area contributed by atoms with Crippen LogP contribution in [0.5, 0.6) is 0 Å². The zero-order valence-corrected chi connectivity index (χ0v) is 20.5. The Kier molecular flexibility index (Phi) is 18.9. The molecule has 0 aromatic carbocycles. The molecule has 0 saturated carbocycles. The lowest BCUT2D eigenvalue weighted by molar-refractivity contribution is -0.00320. The fraction of sp³-hybridized carbons (Fsp3) is 1.00. The van der Waals surface area contributed by atoms with Gasteiger partial charge in [-0.05, 0) is 43.9 Å². The molecule has 0 aliphatic rings. The van der Waals surface area contributed by atoms with E-state index >= 15 is 0 Å². The topological polar surface area (TPSA) is 20.2 Å². The Labute approximate surface area is 179 Å². The van der Waals surface area contributed by atoms with Crippen LogP contribution < -0.4 is 0 Å². The lowest BCUT2D eigenvalue weighted by Gasteiger charge is -2.44. The highest BCUT2D eigenvalue weighted by Crippen LogP contribution is 2.47. The number of hydrogen-bond acceptors (Lipinski definition) is 1. The largest absolute Gasteiger partial charge is 0.393 e. The van der Waals surface area contributed by atoms with E-state index in [4.69, 9.17) is 0 Å². The first-order valence-electron chi connectivity index (χ1n) is 13.3. The molecule has 0 aromatic heterocycles. The van der Waals surface area contributed by atoms with Gasteiger partial charge in [-0.25, -0.2) is 0 Å². The minimum absolute atomic E-state index is 0.154. The Morgan fingerprint density at radius 3 is 1.36 bits per heavy atom. The average molecular weight is 397 g/mol. The summed E-state index contributed by atoms with van der Waals surface area (Å²) in [5, 5.41) is 10.8. The van der Waals surface area contributed by atoms with E-state index in [2.05, 4.69) is 34.6 Å². The molecule has 1 heteroatoms. The van der Waals surface area contributed by atoms with Gasteiger partial charge in [0.05, 0.1) is 6.10 Å². The lowest BCUT2D eigenvalue weighted by atomic mass is 9.62. The lowest BCUT2D eigenvalue weighted by Crippen LogP contribution is -2.38. The summed E-state index contributed by atoms with van der Waals surface area (Å²) in [5.41, 5.74) is 0.385. The predicted molar refractivity (Wildman–Crippen MR) is 128 cm³/mol. The molecule has 0 spiro atoms. The number of aliphatic hydroxyl groups is 1. The van der Waals surface area contributed by atoms with Gasteiger partial charge in [0.1, 0.15) is 0 Å². The summed E-state index contributed by atoms with van der Waals surface area (Å²) in [6, 6.07) is 0. The van der Waals surface area contributed by atoms with Crippen LogP contribution in [0.15, 0.2) is 0 Å². The quantitative estimate of drug-likeness (QED) is 0.191. The molecule has 0 radical (unpaired) electrons. The Hall–Kier alpha value is -0.0400. The smallest absolute Gasteiger partial charge is 0.0545 e. The van der Waals surface area contributed by atoms with Crippen LogP contribution in [-0.2, 0) is 0 Å². The van der Waals surface area contributed by atoms with Crippen molar-refractivity contribution < 1.29 is 5.11 Å². The summed E-state index contributed by atoms with van der Waals surface area (Å²) in [4.78, 5) is 0. The molecular weight excluding hydrogens is 340 g/mol. The van der Waals surface area contributed by atoms with Crippen molar-refractivity contribution in [1.29, 1.82) is 0 Å². The molecule has 0 bridgehead atoms. The second kappa shape index (κ2) is 19.0. The molecule has 0 fully saturated rings. The molecule has 1 N–H and O–H groups in total. The van der Waals surface area contributed by atoms with E-state index in [1.165, 1.54) is 122 Å². The molecule has 0 saturated heterocycles. The van der Waals surface area contributed by atoms with Gasteiger partial charge in [-0.15, -0.1) is 0 Å². The molecule has 0 amide bonds. The van der Waals surface area contributed by atoms with E-state index in [1.807, 2.05) is 0 Å². The number of aliphatic hydroxyl groups excluding tert-OH is 1. The summed E-state index contributed by atoms with van der Waals surface area (Å²) < 4.78 is 0. The van der Waals surface area contributed by atoms with Crippen LogP contribution in [0.3, 0.4) is 0 Å². The summed E-state index contributed by atoms with van der Waals surface area (Å²) in [6.45, 7) is 11.3. The van der Waals surface area contributed by atoms with E-state index in [1.54, 1.807) is 0 Å². The third kappa shape index (κ3) is 12.5. The predicted octanol–water partition coefficient (Wildman–Crippen LogP) is 9.46. The van der Waals surface area contributed by atoms with Crippen LogP contribution in [-0.4, -0.2) is 11.2 Å². The fourth-order valence-corrected chi connectivity index (χ4v) is 5.28. The van der Waals surface area contributed by atoms with Crippen LogP contribution in [0, 0.1) is 11.3 Å². The molecule has 0 aliphatic carbocycles. The van der Waals surface area contributed by atoms with Crippen LogP contribution >= 0.6 is 0 Å². The van der Waals surface area contributed by atoms with Gasteiger partial charge in [0.2, 0.25) is 0 Å². The van der Waals surface area contributed by atoms with Gasteiger partial charge in [0, 0.05) is 0 Å². The number of rotatable bonds is 21. The maximum absolute atomic E-state index is 10.8. The van der Waals surface area contributed by atoms with Crippen LogP contribution in [0.25, 0.3) is 0 Å². The number of hydrogen-bond donors (Lipinski definition) is 1. The van der Waals surface area contributed by atoms with Crippen molar-refractivity contribution in [3.05, 3.63) is 0 Å². The summed E-state index contributed by atoms with van der Waals surface area (Å²) in [7, 11) is 0. The van der Waals surface area contributed by atoms with Gasteiger partial charge in [-0.2, -0.15) is 0 Å². The molecule has 0 heterocycles. The maximum atomic E-state index is 10.8. The van der Waals surface area contributed by atoms with Crippen molar-refractivity contribution in [2.24, 2.45) is 11.3 Å². The third-order valence-corrected chi connectivity index (χ3v) is 7.07. The van der Waals surface area contributed by atoms with Gasteiger partial charge in [0.25, 0.3) is 0 Å². The SMILES string of the molecule is CCCCCCCCC(CCCC)(CCCCCCC)C(CCCC)C(C)O. The van der Waals surface area contributed by atoms with Gasteiger partial charge in [-0.3, -0.25) is 0 Å². The molecule has 3 atom stereocenters. The average Bonchev–Trinajstić information content (AvgIpc) is 2.68. The highest BCUT2D eigenvalue weighted by atomic mass is 16.3. The monoisotopic (exact) mass is 396 g/mol.